The topological polar surface area (TPSA) is 132 Å². The van der Waals surface area contributed by atoms with Crippen molar-refractivity contribution in [3.8, 4) is 5.75 Å². The van der Waals surface area contributed by atoms with Crippen molar-refractivity contribution in [2.45, 2.75) is 70.1 Å². The number of carbonyl (C=O) groups excluding carboxylic acids is 1. The molecule has 0 radical (unpaired) electrons. The first kappa shape index (κ1) is 27.8. The molecule has 3 unspecified atom stereocenters. The molecule has 3 N–H and O–H groups in total. The Morgan fingerprint density at radius 1 is 1.26 bits per heavy atom. The van der Waals surface area contributed by atoms with Crippen LogP contribution in [0.1, 0.15) is 51.5 Å². The van der Waals surface area contributed by atoms with E-state index >= 15 is 0 Å². The van der Waals surface area contributed by atoms with E-state index in [1.54, 1.807) is 7.11 Å². The minimum atomic E-state index is -0.763. The molecule has 10 heteroatoms. The Morgan fingerprint density at radius 3 is 2.65 bits per heavy atom. The third-order valence-electron chi connectivity index (χ3n) is 6.01. The fourth-order valence-corrected chi connectivity index (χ4v) is 3.97. The van der Waals surface area contributed by atoms with Crippen molar-refractivity contribution < 1.29 is 29.3 Å². The number of β-amino-alcohol motifs (C(OH)–C–C–N with tert-alkyl or cyclic N) is 1. The van der Waals surface area contributed by atoms with E-state index < -0.39 is 22.8 Å². The maximum absolute atomic E-state index is 12.4. The summed E-state index contributed by atoms with van der Waals surface area (Å²) in [4.78, 5) is 27.9. The lowest BCUT2D eigenvalue weighted by atomic mass is 9.84. The van der Waals surface area contributed by atoms with Crippen LogP contribution in [0.25, 0.3) is 0 Å². The molecule has 10 nitrogen and oxygen atoms in total. The van der Waals surface area contributed by atoms with Crippen molar-refractivity contribution in [1.29, 1.82) is 0 Å². The lowest BCUT2D eigenvalue weighted by Gasteiger charge is -2.31. The molecule has 1 aliphatic carbocycles. The second kappa shape index (κ2) is 14.1. The maximum atomic E-state index is 12.4. The van der Waals surface area contributed by atoms with Gasteiger partial charge in [0.25, 0.3) is 5.09 Å². The van der Waals surface area contributed by atoms with Gasteiger partial charge in [0.1, 0.15) is 24.6 Å². The molecule has 0 saturated heterocycles. The number of benzene rings is 1. The van der Waals surface area contributed by atoms with Crippen LogP contribution in [-0.2, 0) is 20.8 Å². The second-order valence-corrected chi connectivity index (χ2v) is 9.51. The number of methoxy groups -OCH3 is 1. The average Bonchev–Trinajstić information content (AvgIpc) is 2.80. The van der Waals surface area contributed by atoms with Gasteiger partial charge in [-0.2, -0.15) is 0 Å². The molecule has 1 aliphatic rings. The van der Waals surface area contributed by atoms with Crippen LogP contribution in [0, 0.1) is 16.0 Å². The lowest BCUT2D eigenvalue weighted by molar-refractivity contribution is -0.771. The van der Waals surface area contributed by atoms with Crippen LogP contribution in [0.15, 0.2) is 24.3 Å². The molecule has 1 fully saturated rings. The van der Waals surface area contributed by atoms with Gasteiger partial charge in [-0.1, -0.05) is 25.0 Å². The number of nitrogens with one attached hydrogen (secondary N) is 2. The highest BCUT2D eigenvalue weighted by Crippen LogP contribution is 2.29. The van der Waals surface area contributed by atoms with Crippen LogP contribution in [-0.4, -0.2) is 67.3 Å². The molecule has 0 spiro atoms. The molecule has 1 aromatic rings. The molecule has 0 aromatic heterocycles. The first-order valence-electron chi connectivity index (χ1n) is 11.9. The van der Waals surface area contributed by atoms with Crippen LogP contribution in [0.2, 0.25) is 0 Å². The smallest absolute Gasteiger partial charge is 0.294 e. The summed E-state index contributed by atoms with van der Waals surface area (Å²) in [5.41, 5.74) is 0.702. The predicted molar refractivity (Wildman–Crippen MR) is 127 cm³/mol. The summed E-state index contributed by atoms with van der Waals surface area (Å²) in [6.07, 6.45) is 2.97. The normalized spacial score (nSPS) is 19.3. The number of carbonyl (C=O) groups is 1. The highest BCUT2D eigenvalue weighted by molar-refractivity contribution is 5.76. The number of rotatable bonds is 15. The Morgan fingerprint density at radius 2 is 1.97 bits per heavy atom. The summed E-state index contributed by atoms with van der Waals surface area (Å²) < 4.78 is 10.7. The molecular formula is C24H39N3O7. The van der Waals surface area contributed by atoms with Crippen LogP contribution in [0.3, 0.4) is 0 Å². The molecule has 1 saturated carbocycles. The molecular weight excluding hydrogens is 442 g/mol. The molecule has 34 heavy (non-hydrogen) atoms. The van der Waals surface area contributed by atoms with Crippen LogP contribution in [0.5, 0.6) is 5.75 Å². The van der Waals surface area contributed by atoms with Crippen LogP contribution < -0.4 is 15.4 Å². The third-order valence-corrected chi connectivity index (χ3v) is 6.01. The Hall–Kier alpha value is -2.43. The Labute approximate surface area is 201 Å². The van der Waals surface area contributed by atoms with E-state index in [1.165, 1.54) is 0 Å². The molecule has 2 rings (SSSR count). The quantitative estimate of drug-likeness (QED) is 0.257. The molecule has 0 heterocycles. The van der Waals surface area contributed by atoms with Crippen LogP contribution in [0.4, 0.5) is 0 Å². The number of nitrogens with zero attached hydrogens (tertiary/aromatic N) is 1. The Balaban J connectivity index is 1.67. The van der Waals surface area contributed by atoms with Gasteiger partial charge >= 0.3 is 0 Å². The van der Waals surface area contributed by atoms with E-state index in [2.05, 4.69) is 10.6 Å². The molecule has 3 atom stereocenters. The van der Waals surface area contributed by atoms with Crippen molar-refractivity contribution in [2.75, 3.05) is 33.4 Å². The fraction of sp³-hybridized carbons (Fsp3) is 0.708. The minimum absolute atomic E-state index is 0.145. The van der Waals surface area contributed by atoms with E-state index in [9.17, 15) is 20.0 Å². The zero-order valence-corrected chi connectivity index (χ0v) is 20.5. The van der Waals surface area contributed by atoms with Crippen LogP contribution >= 0.6 is 0 Å². The predicted octanol–water partition coefficient (Wildman–Crippen LogP) is 2.26. The third kappa shape index (κ3) is 10.7. The molecule has 192 valence electrons. The van der Waals surface area contributed by atoms with Gasteiger partial charge in [0.15, 0.2) is 0 Å². The number of hydrogen-bond acceptors (Lipinski definition) is 8. The number of amides is 1. The van der Waals surface area contributed by atoms with E-state index in [-0.39, 0.29) is 24.9 Å². The largest absolute Gasteiger partial charge is 0.491 e. The van der Waals surface area contributed by atoms with Gasteiger partial charge in [0, 0.05) is 32.2 Å². The van der Waals surface area contributed by atoms with Crippen molar-refractivity contribution in [3.63, 3.8) is 0 Å². The fourth-order valence-electron chi connectivity index (χ4n) is 3.97. The van der Waals surface area contributed by atoms with Crippen molar-refractivity contribution in [3.05, 3.63) is 39.9 Å². The second-order valence-electron chi connectivity index (χ2n) is 9.51. The zero-order valence-electron chi connectivity index (χ0n) is 20.5. The summed E-state index contributed by atoms with van der Waals surface area (Å²) in [5.74, 6) is 0.383. The lowest BCUT2D eigenvalue weighted by Crippen LogP contribution is -2.52. The summed E-state index contributed by atoms with van der Waals surface area (Å²) in [6.45, 7) is 5.33. The maximum Gasteiger partial charge on any atom is 0.294 e. The Kier molecular flexibility index (Phi) is 11.5. The highest BCUT2D eigenvalue weighted by Gasteiger charge is 2.30. The summed E-state index contributed by atoms with van der Waals surface area (Å²) in [5, 5.41) is 26.4. The van der Waals surface area contributed by atoms with Crippen molar-refractivity contribution >= 4 is 5.91 Å². The van der Waals surface area contributed by atoms with Gasteiger partial charge in [-0.3, -0.25) is 4.79 Å². The summed E-state index contributed by atoms with van der Waals surface area (Å²) >= 11 is 0. The van der Waals surface area contributed by atoms with Gasteiger partial charge in [0.05, 0.1) is 6.61 Å². The van der Waals surface area contributed by atoms with Crippen molar-refractivity contribution in [2.24, 2.45) is 5.92 Å². The van der Waals surface area contributed by atoms with E-state index in [0.29, 0.717) is 31.9 Å². The number of ether oxygens (including phenoxy) is 2. The number of aliphatic hydroxyl groups is 1. The van der Waals surface area contributed by atoms with Gasteiger partial charge in [-0.25, -0.2) is 0 Å². The molecule has 0 aliphatic heterocycles. The first-order chi connectivity index (χ1) is 16.2. The standard InChI is InChI=1S/C24H39N3O7/c1-24(2,17-25-23(29)14-19-6-4-5-7-22(19)34-27(30)31)26-15-20(28)16-33-21-10-8-18(9-11-21)12-13-32-3/h8-11,19-20,22,26,28H,4-7,12-17H2,1-3H3,(H,25,29). The van der Waals surface area contributed by atoms with Gasteiger partial charge in [-0.05, 0) is 56.7 Å². The van der Waals surface area contributed by atoms with E-state index in [1.807, 2.05) is 38.1 Å². The summed E-state index contributed by atoms with van der Waals surface area (Å²) in [6, 6.07) is 7.70. The van der Waals surface area contributed by atoms with E-state index in [0.717, 1.165) is 31.2 Å². The number of hydrogen-bond donors (Lipinski definition) is 3. The molecule has 0 bridgehead atoms. The SMILES string of the molecule is COCCc1ccc(OCC(O)CNC(C)(C)CNC(=O)CC2CCCCC2O[N+](=O)[O-])cc1. The van der Waals surface area contributed by atoms with Gasteiger partial charge < -0.3 is 30.1 Å². The highest BCUT2D eigenvalue weighted by atomic mass is 17.0. The monoisotopic (exact) mass is 481 g/mol. The molecule has 1 amide bonds. The minimum Gasteiger partial charge on any atom is -0.491 e. The van der Waals surface area contributed by atoms with E-state index in [4.69, 9.17) is 14.3 Å². The average molecular weight is 482 g/mol. The first-order valence-corrected chi connectivity index (χ1v) is 11.9. The summed E-state index contributed by atoms with van der Waals surface area (Å²) in [7, 11) is 1.67. The van der Waals surface area contributed by atoms with Gasteiger partial charge in [0.2, 0.25) is 5.91 Å². The zero-order chi connectivity index (χ0) is 25.0. The Bertz CT molecular complexity index is 757. The van der Waals surface area contributed by atoms with Crippen molar-refractivity contribution in [1.82, 2.24) is 10.6 Å². The molecule has 1 aromatic carbocycles. The van der Waals surface area contributed by atoms with Gasteiger partial charge in [-0.15, -0.1) is 10.1 Å². The number of aliphatic hydroxyl groups excluding tert-OH is 1.